The van der Waals surface area contributed by atoms with Gasteiger partial charge in [0.15, 0.2) is 0 Å². The Morgan fingerprint density at radius 1 is 0.906 bits per heavy atom. The van der Waals surface area contributed by atoms with E-state index in [0.29, 0.717) is 11.3 Å². The van der Waals surface area contributed by atoms with Gasteiger partial charge in [0.05, 0.1) is 11.7 Å². The summed E-state index contributed by atoms with van der Waals surface area (Å²) in [4.78, 5) is 0.594. The zero-order valence-corrected chi connectivity index (χ0v) is 19.7. The fraction of sp³-hybridized carbons (Fsp3) is 0.385. The molecule has 0 spiro atoms. The van der Waals surface area contributed by atoms with Crippen LogP contribution in [0, 0.1) is 5.82 Å². The average Bonchev–Trinajstić information content (AvgIpc) is 3.16. The highest BCUT2D eigenvalue weighted by Gasteiger charge is 2.32. The first-order valence-electron chi connectivity index (χ1n) is 10.7. The number of thiophene rings is 1. The lowest BCUT2D eigenvalue weighted by atomic mass is 9.79. The number of alkyl halides is 3. The molecule has 1 aromatic heterocycles. The molecule has 0 fully saturated rings. The third kappa shape index (κ3) is 5.07. The van der Waals surface area contributed by atoms with Gasteiger partial charge in [0.2, 0.25) is 0 Å². The van der Waals surface area contributed by atoms with Crippen molar-refractivity contribution in [3.63, 3.8) is 0 Å². The lowest BCUT2D eigenvalue weighted by Gasteiger charge is -2.27. The molecule has 3 aromatic rings. The first kappa shape index (κ1) is 24.5. The molecule has 2 aromatic carbocycles. The molecule has 6 heteroatoms. The van der Waals surface area contributed by atoms with E-state index in [4.69, 9.17) is 0 Å². The molecule has 0 bridgehead atoms. The van der Waals surface area contributed by atoms with Gasteiger partial charge in [0, 0.05) is 16.7 Å². The van der Waals surface area contributed by atoms with Crippen molar-refractivity contribution in [2.45, 2.75) is 65.2 Å². The van der Waals surface area contributed by atoms with Gasteiger partial charge >= 0.3 is 6.18 Å². The number of benzene rings is 2. The summed E-state index contributed by atoms with van der Waals surface area (Å²) in [5, 5.41) is 11.9. The quantitative estimate of drug-likeness (QED) is 0.363. The monoisotopic (exact) mass is 464 g/mol. The Morgan fingerprint density at radius 2 is 1.50 bits per heavy atom. The number of halogens is 4. The third-order valence-electron chi connectivity index (χ3n) is 5.67. The zero-order chi connectivity index (χ0) is 23.8. The van der Waals surface area contributed by atoms with Gasteiger partial charge in [-0.05, 0) is 70.3 Å². The smallest absolute Gasteiger partial charge is 0.389 e. The van der Waals surface area contributed by atoms with Gasteiger partial charge in [-0.2, -0.15) is 13.2 Å². The molecule has 0 aliphatic carbocycles. The van der Waals surface area contributed by atoms with Crippen LogP contribution in [0.5, 0.6) is 0 Å². The molecular weight excluding hydrogens is 436 g/mol. The first-order chi connectivity index (χ1) is 14.9. The van der Waals surface area contributed by atoms with E-state index in [1.807, 2.05) is 13.8 Å². The molecule has 0 aliphatic heterocycles. The van der Waals surface area contributed by atoms with Gasteiger partial charge in [0.1, 0.15) is 5.82 Å². The summed E-state index contributed by atoms with van der Waals surface area (Å²) in [6.45, 7) is 9.90. The van der Waals surface area contributed by atoms with Crippen LogP contribution in [0.15, 0.2) is 41.8 Å². The molecule has 1 N–H and O–H groups in total. The maximum atomic E-state index is 13.7. The predicted octanol–water partition coefficient (Wildman–Crippen LogP) is 8.46. The summed E-state index contributed by atoms with van der Waals surface area (Å²) in [7, 11) is 0. The summed E-state index contributed by atoms with van der Waals surface area (Å²) < 4.78 is 53.2. The molecule has 0 saturated heterocycles. The molecule has 3 rings (SSSR count). The van der Waals surface area contributed by atoms with Crippen LogP contribution in [-0.4, -0.2) is 5.11 Å². The van der Waals surface area contributed by atoms with Gasteiger partial charge < -0.3 is 5.11 Å². The Labute approximate surface area is 190 Å². The van der Waals surface area contributed by atoms with E-state index in [1.54, 1.807) is 19.1 Å². The number of hydrogen-bond donors (Lipinski definition) is 1. The van der Waals surface area contributed by atoms with Crippen LogP contribution in [-0.2, 0) is 12.6 Å². The maximum Gasteiger partial charge on any atom is 0.417 e. The second-order valence-corrected chi connectivity index (χ2v) is 9.79. The van der Waals surface area contributed by atoms with Crippen LogP contribution in [0.2, 0.25) is 0 Å². The molecule has 0 aliphatic rings. The van der Waals surface area contributed by atoms with E-state index in [-0.39, 0.29) is 17.7 Å². The fourth-order valence-corrected chi connectivity index (χ4v) is 5.06. The van der Waals surface area contributed by atoms with Gasteiger partial charge in [-0.1, -0.05) is 45.9 Å². The van der Waals surface area contributed by atoms with Gasteiger partial charge in [-0.3, -0.25) is 0 Å². The summed E-state index contributed by atoms with van der Waals surface area (Å²) in [5.41, 5.74) is 4.53. The highest BCUT2D eigenvalue weighted by atomic mass is 32.1. The summed E-state index contributed by atoms with van der Waals surface area (Å²) in [5.74, 6) is -0.123. The largest absolute Gasteiger partial charge is 0.417 e. The fourth-order valence-electron chi connectivity index (χ4n) is 4.16. The van der Waals surface area contributed by atoms with Crippen LogP contribution < -0.4 is 0 Å². The van der Waals surface area contributed by atoms with Crippen molar-refractivity contribution in [2.24, 2.45) is 0 Å². The summed E-state index contributed by atoms with van der Waals surface area (Å²) >= 11 is 1.08. The van der Waals surface area contributed by atoms with Crippen LogP contribution in [0.3, 0.4) is 0 Å². The lowest BCUT2D eigenvalue weighted by Crippen LogP contribution is -2.11. The molecular formula is C26H28F4OS. The minimum atomic E-state index is -4.39. The number of aliphatic hydroxyl groups excluding tert-OH is 1. The van der Waals surface area contributed by atoms with Gasteiger partial charge in [-0.25, -0.2) is 4.39 Å². The lowest BCUT2D eigenvalue weighted by molar-refractivity contribution is -0.137. The zero-order valence-electron chi connectivity index (χ0n) is 18.8. The van der Waals surface area contributed by atoms with E-state index in [0.717, 1.165) is 50.1 Å². The third-order valence-corrected chi connectivity index (χ3v) is 6.61. The van der Waals surface area contributed by atoms with E-state index >= 15 is 0 Å². The topological polar surface area (TPSA) is 20.2 Å². The highest BCUT2D eigenvalue weighted by Crippen LogP contribution is 2.43. The van der Waals surface area contributed by atoms with E-state index in [1.165, 1.54) is 18.2 Å². The standard InChI is InChI=1S/C26H28F4OS/c1-14(2)21-12-22(15(3)4)24(16(5)31)25(17-6-8-19(27)9-7-17)23(21)11-20-10-18(13-32-20)26(28,29)30/h6-10,12-16,31H,11H2,1-5H3. The van der Waals surface area contributed by atoms with Crippen LogP contribution >= 0.6 is 11.3 Å². The number of rotatable bonds is 6. The van der Waals surface area contributed by atoms with Crippen molar-refractivity contribution in [3.05, 3.63) is 80.3 Å². The SMILES string of the molecule is CC(C)c1cc(C(C)C)c(C(C)O)c(-c2ccc(F)cc2)c1Cc1cc(C(F)(F)F)cs1. The Hall–Kier alpha value is -2.18. The number of aliphatic hydroxyl groups is 1. The predicted molar refractivity (Wildman–Crippen MR) is 123 cm³/mol. The second kappa shape index (κ2) is 9.36. The van der Waals surface area contributed by atoms with Gasteiger partial charge in [0.25, 0.3) is 0 Å². The molecule has 1 nitrogen and oxygen atoms in total. The van der Waals surface area contributed by atoms with Crippen molar-refractivity contribution in [3.8, 4) is 11.1 Å². The minimum absolute atomic E-state index is 0.117. The van der Waals surface area contributed by atoms with Crippen molar-refractivity contribution in [1.29, 1.82) is 0 Å². The Kier molecular flexibility index (Phi) is 7.15. The van der Waals surface area contributed by atoms with Crippen LogP contribution in [0.1, 0.15) is 85.3 Å². The van der Waals surface area contributed by atoms with Crippen molar-refractivity contribution < 1.29 is 22.7 Å². The van der Waals surface area contributed by atoms with Crippen molar-refractivity contribution in [2.75, 3.05) is 0 Å². The van der Waals surface area contributed by atoms with E-state index < -0.39 is 17.8 Å². The van der Waals surface area contributed by atoms with E-state index in [2.05, 4.69) is 19.9 Å². The van der Waals surface area contributed by atoms with Crippen LogP contribution in [0.25, 0.3) is 11.1 Å². The molecule has 1 heterocycles. The average molecular weight is 465 g/mol. The molecule has 0 amide bonds. The number of hydrogen-bond acceptors (Lipinski definition) is 2. The molecule has 1 atom stereocenters. The Morgan fingerprint density at radius 3 is 1.97 bits per heavy atom. The summed E-state index contributed by atoms with van der Waals surface area (Å²) in [6, 6.07) is 9.36. The van der Waals surface area contributed by atoms with Crippen molar-refractivity contribution >= 4 is 11.3 Å². The molecule has 0 saturated carbocycles. The minimum Gasteiger partial charge on any atom is -0.389 e. The summed E-state index contributed by atoms with van der Waals surface area (Å²) in [6.07, 6.45) is -4.87. The second-order valence-electron chi connectivity index (χ2n) is 8.79. The van der Waals surface area contributed by atoms with Crippen molar-refractivity contribution in [1.82, 2.24) is 0 Å². The normalized spacial score (nSPS) is 13.2. The van der Waals surface area contributed by atoms with Crippen LogP contribution in [0.4, 0.5) is 17.6 Å². The Balaban J connectivity index is 2.33. The van der Waals surface area contributed by atoms with Gasteiger partial charge in [-0.15, -0.1) is 11.3 Å². The molecule has 32 heavy (non-hydrogen) atoms. The highest BCUT2D eigenvalue weighted by molar-refractivity contribution is 7.10. The van der Waals surface area contributed by atoms with E-state index in [9.17, 15) is 22.7 Å². The molecule has 0 radical (unpaired) electrons. The maximum absolute atomic E-state index is 13.7. The molecule has 172 valence electrons. The Bertz CT molecular complexity index is 1080. The first-order valence-corrected chi connectivity index (χ1v) is 11.6. The molecule has 1 unspecified atom stereocenters.